The van der Waals surface area contributed by atoms with Crippen molar-refractivity contribution < 1.29 is 9.15 Å². The lowest BCUT2D eigenvalue weighted by atomic mass is 10.3. The lowest BCUT2D eigenvalue weighted by Crippen LogP contribution is -2.45. The SMILES string of the molecule is CN(CCn1c(=O)oc2ccccc21)CC1CNCCO1. The van der Waals surface area contributed by atoms with Crippen LogP contribution in [0.2, 0.25) is 0 Å². The van der Waals surface area contributed by atoms with Crippen molar-refractivity contribution in [3.8, 4) is 0 Å². The largest absolute Gasteiger partial charge is 0.419 e. The molecule has 0 aliphatic carbocycles. The van der Waals surface area contributed by atoms with E-state index in [-0.39, 0.29) is 11.9 Å². The molecule has 1 atom stereocenters. The highest BCUT2D eigenvalue weighted by molar-refractivity contribution is 5.72. The zero-order valence-corrected chi connectivity index (χ0v) is 12.2. The molecule has 114 valence electrons. The Morgan fingerprint density at radius 3 is 3.10 bits per heavy atom. The Morgan fingerprint density at radius 1 is 1.43 bits per heavy atom. The maximum atomic E-state index is 11.9. The molecule has 1 saturated heterocycles. The van der Waals surface area contributed by atoms with Crippen LogP contribution in [0, 0.1) is 0 Å². The summed E-state index contributed by atoms with van der Waals surface area (Å²) >= 11 is 0. The zero-order chi connectivity index (χ0) is 14.7. The van der Waals surface area contributed by atoms with Crippen molar-refractivity contribution in [1.82, 2.24) is 14.8 Å². The smallest absolute Gasteiger partial charge is 0.408 e. The molecule has 0 spiro atoms. The molecule has 21 heavy (non-hydrogen) atoms. The fraction of sp³-hybridized carbons (Fsp3) is 0.533. The van der Waals surface area contributed by atoms with Gasteiger partial charge in [-0.1, -0.05) is 12.1 Å². The molecule has 0 saturated carbocycles. The molecule has 2 aromatic rings. The Hall–Kier alpha value is -1.63. The van der Waals surface area contributed by atoms with Gasteiger partial charge in [0.15, 0.2) is 5.58 Å². The molecule has 1 fully saturated rings. The van der Waals surface area contributed by atoms with E-state index in [1.165, 1.54) is 0 Å². The average Bonchev–Trinajstić information content (AvgIpc) is 2.81. The van der Waals surface area contributed by atoms with Crippen molar-refractivity contribution in [2.45, 2.75) is 12.6 Å². The first kappa shape index (κ1) is 14.3. The minimum atomic E-state index is -0.291. The molecule has 6 heteroatoms. The van der Waals surface area contributed by atoms with Crippen molar-refractivity contribution in [3.63, 3.8) is 0 Å². The Balaban J connectivity index is 1.60. The molecule has 2 heterocycles. The summed E-state index contributed by atoms with van der Waals surface area (Å²) in [5, 5.41) is 3.32. The van der Waals surface area contributed by atoms with E-state index < -0.39 is 0 Å². The van der Waals surface area contributed by atoms with Crippen LogP contribution >= 0.6 is 0 Å². The van der Waals surface area contributed by atoms with Crippen LogP contribution in [0.1, 0.15) is 0 Å². The summed E-state index contributed by atoms with van der Waals surface area (Å²) in [5.41, 5.74) is 1.50. The minimum absolute atomic E-state index is 0.224. The third kappa shape index (κ3) is 3.34. The first-order valence-corrected chi connectivity index (χ1v) is 7.33. The van der Waals surface area contributed by atoms with Gasteiger partial charge in [0.05, 0.1) is 18.2 Å². The van der Waals surface area contributed by atoms with E-state index >= 15 is 0 Å². The summed E-state index contributed by atoms with van der Waals surface area (Å²) < 4.78 is 12.6. The second kappa shape index (κ2) is 6.43. The standard InChI is InChI=1S/C15H21N3O3/c1-17(11-12-10-16-6-9-20-12)7-8-18-13-4-2-3-5-14(13)21-15(18)19/h2-5,12,16H,6-11H2,1H3. The van der Waals surface area contributed by atoms with Gasteiger partial charge in [-0.2, -0.15) is 0 Å². The number of nitrogens with one attached hydrogen (secondary N) is 1. The van der Waals surface area contributed by atoms with Gasteiger partial charge in [0.25, 0.3) is 0 Å². The Labute approximate surface area is 123 Å². The van der Waals surface area contributed by atoms with E-state index in [1.807, 2.05) is 31.3 Å². The van der Waals surface area contributed by atoms with E-state index in [2.05, 4.69) is 10.2 Å². The van der Waals surface area contributed by atoms with Crippen LogP contribution in [0.5, 0.6) is 0 Å². The molecule has 0 bridgehead atoms. The summed E-state index contributed by atoms with van der Waals surface area (Å²) in [5.74, 6) is -0.291. The highest BCUT2D eigenvalue weighted by Crippen LogP contribution is 2.11. The van der Waals surface area contributed by atoms with Gasteiger partial charge in [0.2, 0.25) is 0 Å². The number of para-hydroxylation sites is 2. The maximum absolute atomic E-state index is 11.9. The van der Waals surface area contributed by atoms with E-state index in [0.29, 0.717) is 12.1 Å². The molecule has 1 aromatic heterocycles. The van der Waals surface area contributed by atoms with Gasteiger partial charge < -0.3 is 19.4 Å². The van der Waals surface area contributed by atoms with Crippen LogP contribution in [0.3, 0.4) is 0 Å². The van der Waals surface area contributed by atoms with Gasteiger partial charge >= 0.3 is 5.76 Å². The van der Waals surface area contributed by atoms with Crippen LogP contribution < -0.4 is 11.1 Å². The fourth-order valence-corrected chi connectivity index (χ4v) is 2.67. The van der Waals surface area contributed by atoms with Crippen molar-refractivity contribution in [3.05, 3.63) is 34.8 Å². The summed E-state index contributed by atoms with van der Waals surface area (Å²) in [4.78, 5) is 14.1. The number of ether oxygens (including phenoxy) is 1. The van der Waals surface area contributed by atoms with Crippen molar-refractivity contribution in [2.24, 2.45) is 0 Å². The molecule has 1 aromatic carbocycles. The van der Waals surface area contributed by atoms with Gasteiger partial charge in [-0.3, -0.25) is 4.57 Å². The number of aromatic nitrogens is 1. The summed E-state index contributed by atoms with van der Waals surface area (Å²) in [6.07, 6.45) is 0.224. The van der Waals surface area contributed by atoms with Crippen LogP contribution in [0.25, 0.3) is 11.1 Å². The Morgan fingerprint density at radius 2 is 2.29 bits per heavy atom. The lowest BCUT2D eigenvalue weighted by molar-refractivity contribution is 0.00962. The number of oxazole rings is 1. The van der Waals surface area contributed by atoms with Gasteiger partial charge in [-0.15, -0.1) is 0 Å². The van der Waals surface area contributed by atoms with Crippen LogP contribution in [-0.2, 0) is 11.3 Å². The Bertz CT molecular complexity index is 643. The van der Waals surface area contributed by atoms with Crippen LogP contribution in [0.4, 0.5) is 0 Å². The number of rotatable bonds is 5. The number of hydrogen-bond donors (Lipinski definition) is 1. The topological polar surface area (TPSA) is 59.6 Å². The first-order chi connectivity index (χ1) is 10.2. The number of hydrogen-bond acceptors (Lipinski definition) is 5. The quantitative estimate of drug-likeness (QED) is 0.870. The normalized spacial score (nSPS) is 19.4. The number of fused-ring (bicyclic) bond motifs is 1. The van der Waals surface area contributed by atoms with Crippen molar-refractivity contribution in [1.29, 1.82) is 0 Å². The number of benzene rings is 1. The third-order valence-corrected chi connectivity index (χ3v) is 3.80. The van der Waals surface area contributed by atoms with Crippen LogP contribution in [0.15, 0.2) is 33.5 Å². The van der Waals surface area contributed by atoms with Gasteiger partial charge in [-0.25, -0.2) is 4.79 Å². The molecular weight excluding hydrogens is 270 g/mol. The zero-order valence-electron chi connectivity index (χ0n) is 12.2. The number of nitrogens with zero attached hydrogens (tertiary/aromatic N) is 2. The number of likely N-dealkylation sites (N-methyl/N-ethyl adjacent to an activating group) is 1. The van der Waals surface area contributed by atoms with Crippen molar-refractivity contribution in [2.75, 3.05) is 39.8 Å². The van der Waals surface area contributed by atoms with Crippen LogP contribution in [-0.4, -0.2) is 55.4 Å². The molecule has 1 aliphatic heterocycles. The summed E-state index contributed by atoms with van der Waals surface area (Å²) in [7, 11) is 2.05. The van der Waals surface area contributed by atoms with Crippen molar-refractivity contribution >= 4 is 11.1 Å². The van der Waals surface area contributed by atoms with E-state index in [9.17, 15) is 4.79 Å². The highest BCUT2D eigenvalue weighted by Gasteiger charge is 2.16. The van der Waals surface area contributed by atoms with E-state index in [0.717, 1.165) is 38.3 Å². The molecule has 6 nitrogen and oxygen atoms in total. The second-order valence-electron chi connectivity index (χ2n) is 5.45. The molecule has 0 amide bonds. The molecule has 1 N–H and O–H groups in total. The molecule has 1 aliphatic rings. The summed E-state index contributed by atoms with van der Waals surface area (Å²) in [6, 6.07) is 7.51. The highest BCUT2D eigenvalue weighted by atomic mass is 16.5. The van der Waals surface area contributed by atoms with Gasteiger partial charge in [0.1, 0.15) is 0 Å². The monoisotopic (exact) mass is 291 g/mol. The predicted molar refractivity (Wildman–Crippen MR) is 80.6 cm³/mol. The Kier molecular flexibility index (Phi) is 4.38. The molecule has 1 unspecified atom stereocenters. The van der Waals surface area contributed by atoms with Gasteiger partial charge in [-0.05, 0) is 19.2 Å². The van der Waals surface area contributed by atoms with E-state index in [4.69, 9.17) is 9.15 Å². The number of morpholine rings is 1. The maximum Gasteiger partial charge on any atom is 0.419 e. The molecular formula is C15H21N3O3. The fourth-order valence-electron chi connectivity index (χ4n) is 2.67. The second-order valence-corrected chi connectivity index (χ2v) is 5.45. The third-order valence-electron chi connectivity index (χ3n) is 3.80. The summed E-state index contributed by atoms with van der Waals surface area (Å²) in [6.45, 7) is 4.84. The molecule has 0 radical (unpaired) electrons. The molecule has 3 rings (SSSR count). The lowest BCUT2D eigenvalue weighted by Gasteiger charge is -2.27. The first-order valence-electron chi connectivity index (χ1n) is 7.33. The minimum Gasteiger partial charge on any atom is -0.408 e. The predicted octanol–water partition coefficient (Wildman–Crippen LogP) is 0.515. The van der Waals surface area contributed by atoms with E-state index in [1.54, 1.807) is 4.57 Å². The average molecular weight is 291 g/mol. The van der Waals surface area contributed by atoms with Gasteiger partial charge in [0, 0.05) is 32.7 Å².